The van der Waals surface area contributed by atoms with Gasteiger partial charge in [0.2, 0.25) is 5.91 Å². The van der Waals surface area contributed by atoms with E-state index in [0.717, 1.165) is 0 Å². The number of likely N-dealkylation sites (tertiary alicyclic amines) is 1. The molecule has 0 spiro atoms. The van der Waals surface area contributed by atoms with E-state index in [2.05, 4.69) is 5.32 Å². The van der Waals surface area contributed by atoms with E-state index >= 15 is 0 Å². The highest BCUT2D eigenvalue weighted by molar-refractivity contribution is 5.96. The first-order valence-corrected chi connectivity index (χ1v) is 7.77. The number of nitrogens with one attached hydrogen (secondary N) is 1. The molecule has 0 aromatic heterocycles. The molecule has 1 atom stereocenters. The first kappa shape index (κ1) is 17.9. The van der Waals surface area contributed by atoms with Crippen LogP contribution in [0.15, 0.2) is 24.3 Å². The predicted octanol–water partition coefficient (Wildman–Crippen LogP) is 1.60. The SMILES string of the molecule is COCC1(C(=O)O)CCCN(C(=O)c2ccc(NC(C)=O)cc2)C1. The zero-order valence-electron chi connectivity index (χ0n) is 13.9. The van der Waals surface area contributed by atoms with E-state index in [1.807, 2.05) is 0 Å². The highest BCUT2D eigenvalue weighted by atomic mass is 16.5. The minimum atomic E-state index is -1.06. The number of rotatable bonds is 5. The number of amides is 2. The van der Waals surface area contributed by atoms with Gasteiger partial charge in [-0.1, -0.05) is 0 Å². The number of piperidine rings is 1. The average molecular weight is 334 g/mol. The van der Waals surface area contributed by atoms with E-state index in [4.69, 9.17) is 4.74 Å². The van der Waals surface area contributed by atoms with Crippen molar-refractivity contribution in [2.75, 3.05) is 32.1 Å². The summed E-state index contributed by atoms with van der Waals surface area (Å²) >= 11 is 0. The van der Waals surface area contributed by atoms with E-state index in [9.17, 15) is 19.5 Å². The molecule has 7 nitrogen and oxygen atoms in total. The number of methoxy groups -OCH3 is 1. The Hall–Kier alpha value is -2.41. The van der Waals surface area contributed by atoms with Crippen LogP contribution in [0.3, 0.4) is 0 Å². The number of carboxylic acid groups (broad SMARTS) is 1. The maximum atomic E-state index is 12.7. The topological polar surface area (TPSA) is 95.9 Å². The Kier molecular flexibility index (Phi) is 5.56. The van der Waals surface area contributed by atoms with Gasteiger partial charge in [-0.15, -0.1) is 0 Å². The van der Waals surface area contributed by atoms with Crippen LogP contribution in [-0.4, -0.2) is 54.6 Å². The summed E-state index contributed by atoms with van der Waals surface area (Å²) in [6.07, 6.45) is 1.10. The van der Waals surface area contributed by atoms with E-state index in [-0.39, 0.29) is 25.0 Å². The molecular formula is C17H22N2O5. The second kappa shape index (κ2) is 7.44. The fourth-order valence-electron chi connectivity index (χ4n) is 3.02. The number of hydrogen-bond donors (Lipinski definition) is 2. The Morgan fingerprint density at radius 2 is 1.96 bits per heavy atom. The zero-order chi connectivity index (χ0) is 17.7. The summed E-state index contributed by atoms with van der Waals surface area (Å²) in [5.74, 6) is -1.34. The molecule has 7 heteroatoms. The first-order valence-electron chi connectivity index (χ1n) is 7.77. The van der Waals surface area contributed by atoms with Gasteiger partial charge in [-0.05, 0) is 37.1 Å². The number of aliphatic carboxylic acids is 1. The summed E-state index contributed by atoms with van der Waals surface area (Å²) in [5, 5.41) is 12.2. The average Bonchev–Trinajstić information content (AvgIpc) is 2.55. The molecule has 1 aromatic carbocycles. The summed E-state index contributed by atoms with van der Waals surface area (Å²) in [4.78, 5) is 36.9. The van der Waals surface area contributed by atoms with Crippen molar-refractivity contribution in [1.82, 2.24) is 4.90 Å². The van der Waals surface area contributed by atoms with Crippen molar-refractivity contribution in [1.29, 1.82) is 0 Å². The lowest BCUT2D eigenvalue weighted by Crippen LogP contribution is -2.52. The van der Waals surface area contributed by atoms with Crippen molar-refractivity contribution in [3.05, 3.63) is 29.8 Å². The summed E-state index contributed by atoms with van der Waals surface area (Å²) in [7, 11) is 1.46. The van der Waals surface area contributed by atoms with Gasteiger partial charge in [0.1, 0.15) is 5.41 Å². The third-order valence-corrected chi connectivity index (χ3v) is 4.19. The number of carbonyl (C=O) groups excluding carboxylic acids is 2. The Bertz CT molecular complexity index is 624. The smallest absolute Gasteiger partial charge is 0.313 e. The fraction of sp³-hybridized carbons (Fsp3) is 0.471. The van der Waals surface area contributed by atoms with Gasteiger partial charge in [0.25, 0.3) is 5.91 Å². The minimum Gasteiger partial charge on any atom is -0.481 e. The molecule has 1 unspecified atom stereocenters. The first-order chi connectivity index (χ1) is 11.4. The van der Waals surface area contributed by atoms with Crippen molar-refractivity contribution < 1.29 is 24.2 Å². The normalized spacial score (nSPS) is 20.5. The monoisotopic (exact) mass is 334 g/mol. The Morgan fingerprint density at radius 3 is 2.50 bits per heavy atom. The number of benzene rings is 1. The molecule has 0 aliphatic carbocycles. The maximum Gasteiger partial charge on any atom is 0.313 e. The van der Waals surface area contributed by atoms with Crippen LogP contribution in [0.4, 0.5) is 5.69 Å². The largest absolute Gasteiger partial charge is 0.481 e. The van der Waals surface area contributed by atoms with E-state index in [1.54, 1.807) is 29.2 Å². The third-order valence-electron chi connectivity index (χ3n) is 4.19. The number of ether oxygens (including phenoxy) is 1. The Balaban J connectivity index is 2.13. The van der Waals surface area contributed by atoms with Crippen LogP contribution in [0.1, 0.15) is 30.1 Å². The summed E-state index contributed by atoms with van der Waals surface area (Å²) < 4.78 is 5.07. The third kappa shape index (κ3) is 3.91. The molecule has 2 amide bonds. The van der Waals surface area contributed by atoms with Gasteiger partial charge in [0.05, 0.1) is 6.61 Å². The number of carbonyl (C=O) groups is 3. The molecule has 1 fully saturated rings. The molecule has 1 aliphatic rings. The number of carboxylic acids is 1. The van der Waals surface area contributed by atoms with Crippen molar-refractivity contribution in [2.24, 2.45) is 5.41 Å². The van der Waals surface area contributed by atoms with Gasteiger partial charge >= 0.3 is 5.97 Å². The summed E-state index contributed by atoms with van der Waals surface area (Å²) in [6.45, 7) is 2.13. The van der Waals surface area contributed by atoms with E-state index in [0.29, 0.717) is 30.6 Å². The number of hydrogen-bond acceptors (Lipinski definition) is 4. The van der Waals surface area contributed by atoms with Gasteiger partial charge in [-0.3, -0.25) is 14.4 Å². The number of nitrogens with zero attached hydrogens (tertiary/aromatic N) is 1. The molecule has 2 N–H and O–H groups in total. The molecule has 24 heavy (non-hydrogen) atoms. The van der Waals surface area contributed by atoms with Gasteiger partial charge in [0, 0.05) is 38.4 Å². The quantitative estimate of drug-likeness (QED) is 0.852. The van der Waals surface area contributed by atoms with Gasteiger partial charge < -0.3 is 20.1 Å². The fourth-order valence-corrected chi connectivity index (χ4v) is 3.02. The number of anilines is 1. The molecular weight excluding hydrogens is 312 g/mol. The molecule has 1 saturated heterocycles. The summed E-state index contributed by atoms with van der Waals surface area (Å²) in [5.41, 5.74) is 0.0124. The molecule has 2 rings (SSSR count). The van der Waals surface area contributed by atoms with Crippen LogP contribution in [-0.2, 0) is 14.3 Å². The molecule has 1 aliphatic heterocycles. The maximum absolute atomic E-state index is 12.7. The predicted molar refractivity (Wildman–Crippen MR) is 87.8 cm³/mol. The van der Waals surface area contributed by atoms with Gasteiger partial charge in [-0.25, -0.2) is 0 Å². The van der Waals surface area contributed by atoms with Crippen molar-refractivity contribution >= 4 is 23.5 Å². The zero-order valence-corrected chi connectivity index (χ0v) is 13.9. The van der Waals surface area contributed by atoms with Gasteiger partial charge in [0.15, 0.2) is 0 Å². The van der Waals surface area contributed by atoms with Gasteiger partial charge in [-0.2, -0.15) is 0 Å². The van der Waals surface area contributed by atoms with Crippen molar-refractivity contribution in [3.63, 3.8) is 0 Å². The highest BCUT2D eigenvalue weighted by Gasteiger charge is 2.43. The van der Waals surface area contributed by atoms with Crippen LogP contribution < -0.4 is 5.32 Å². The molecule has 0 saturated carbocycles. The Labute approximate surface area is 140 Å². The summed E-state index contributed by atoms with van der Waals surface area (Å²) in [6, 6.07) is 6.55. The molecule has 130 valence electrons. The second-order valence-corrected chi connectivity index (χ2v) is 6.11. The molecule has 0 radical (unpaired) electrons. The van der Waals surface area contributed by atoms with E-state index < -0.39 is 11.4 Å². The van der Waals surface area contributed by atoms with Crippen LogP contribution in [0.5, 0.6) is 0 Å². The van der Waals surface area contributed by atoms with Crippen molar-refractivity contribution in [3.8, 4) is 0 Å². The Morgan fingerprint density at radius 1 is 1.29 bits per heavy atom. The van der Waals surface area contributed by atoms with Crippen LogP contribution in [0, 0.1) is 5.41 Å². The standard InChI is InChI=1S/C17H22N2O5/c1-12(20)18-14-6-4-13(5-7-14)15(21)19-9-3-8-17(10-19,11-24-2)16(22)23/h4-7H,3,8-11H2,1-2H3,(H,18,20)(H,22,23). The van der Waals surface area contributed by atoms with Crippen LogP contribution in [0.25, 0.3) is 0 Å². The van der Waals surface area contributed by atoms with E-state index in [1.165, 1.54) is 14.0 Å². The van der Waals surface area contributed by atoms with Crippen LogP contribution >= 0.6 is 0 Å². The lowest BCUT2D eigenvalue weighted by molar-refractivity contribution is -0.155. The lowest BCUT2D eigenvalue weighted by Gasteiger charge is -2.39. The molecule has 0 bridgehead atoms. The van der Waals surface area contributed by atoms with Crippen molar-refractivity contribution in [2.45, 2.75) is 19.8 Å². The van der Waals surface area contributed by atoms with Crippen LogP contribution in [0.2, 0.25) is 0 Å². The minimum absolute atomic E-state index is 0.0770. The lowest BCUT2D eigenvalue weighted by atomic mass is 9.80. The molecule has 1 aromatic rings. The second-order valence-electron chi connectivity index (χ2n) is 6.11. The molecule has 1 heterocycles. The highest BCUT2D eigenvalue weighted by Crippen LogP contribution is 2.31.